The van der Waals surface area contributed by atoms with E-state index in [1.165, 1.54) is 6.07 Å². The fraction of sp³-hybridized carbons (Fsp3) is 0.400. The molecule has 0 aromatic heterocycles. The molecule has 0 aliphatic heterocycles. The van der Waals surface area contributed by atoms with Gasteiger partial charge in [0.1, 0.15) is 5.69 Å². The van der Waals surface area contributed by atoms with Crippen LogP contribution in [0, 0.1) is 10.1 Å². The standard InChI is InChI=1S/C10H13Cl2N3O4S/c1-2-14-20(18,19)4-3-13-9-5-7(11)8(12)6-10(9)15(16)17/h5-6,13-14H,2-4H2,1H3. The highest BCUT2D eigenvalue weighted by Gasteiger charge is 2.17. The molecule has 0 fully saturated rings. The lowest BCUT2D eigenvalue weighted by Gasteiger charge is -2.09. The molecule has 10 heteroatoms. The molecule has 0 amide bonds. The van der Waals surface area contributed by atoms with Crippen LogP contribution in [0.5, 0.6) is 0 Å². The molecule has 1 aromatic rings. The van der Waals surface area contributed by atoms with E-state index in [-0.39, 0.29) is 40.3 Å². The van der Waals surface area contributed by atoms with Gasteiger partial charge >= 0.3 is 0 Å². The van der Waals surface area contributed by atoms with Crippen LogP contribution in [0.2, 0.25) is 10.0 Å². The quantitative estimate of drug-likeness (QED) is 0.585. The van der Waals surface area contributed by atoms with Gasteiger partial charge in [0, 0.05) is 19.2 Å². The van der Waals surface area contributed by atoms with Gasteiger partial charge in [0.05, 0.1) is 20.7 Å². The Kier molecular flexibility index (Phi) is 6.00. The van der Waals surface area contributed by atoms with Crippen LogP contribution in [-0.2, 0) is 10.0 Å². The highest BCUT2D eigenvalue weighted by Crippen LogP contribution is 2.33. The van der Waals surface area contributed by atoms with Crippen molar-refractivity contribution in [1.29, 1.82) is 0 Å². The maximum Gasteiger partial charge on any atom is 0.293 e. The highest BCUT2D eigenvalue weighted by atomic mass is 35.5. The molecular formula is C10H13Cl2N3O4S. The van der Waals surface area contributed by atoms with E-state index in [0.717, 1.165) is 6.07 Å². The number of nitrogens with zero attached hydrogens (tertiary/aromatic N) is 1. The van der Waals surface area contributed by atoms with Crippen molar-refractivity contribution in [2.24, 2.45) is 0 Å². The Labute approximate surface area is 126 Å². The van der Waals surface area contributed by atoms with Crippen LogP contribution in [0.15, 0.2) is 12.1 Å². The summed E-state index contributed by atoms with van der Waals surface area (Å²) in [4.78, 5) is 10.3. The summed E-state index contributed by atoms with van der Waals surface area (Å²) in [5.74, 6) is -0.210. The van der Waals surface area contributed by atoms with Gasteiger partial charge in [-0.15, -0.1) is 0 Å². The van der Waals surface area contributed by atoms with Gasteiger partial charge in [0.25, 0.3) is 5.69 Å². The van der Waals surface area contributed by atoms with Crippen molar-refractivity contribution in [3.05, 3.63) is 32.3 Å². The molecule has 0 saturated heterocycles. The summed E-state index contributed by atoms with van der Waals surface area (Å²) in [5.41, 5.74) is -0.142. The van der Waals surface area contributed by atoms with Crippen molar-refractivity contribution in [1.82, 2.24) is 4.72 Å². The van der Waals surface area contributed by atoms with E-state index in [9.17, 15) is 18.5 Å². The number of nitro groups is 1. The lowest BCUT2D eigenvalue weighted by molar-refractivity contribution is -0.383. The minimum atomic E-state index is -3.39. The van der Waals surface area contributed by atoms with E-state index in [1.54, 1.807) is 6.92 Å². The maximum absolute atomic E-state index is 11.4. The number of hydrogen-bond acceptors (Lipinski definition) is 5. The molecule has 0 spiro atoms. The molecule has 20 heavy (non-hydrogen) atoms. The Balaban J connectivity index is 2.83. The molecule has 0 aliphatic rings. The molecule has 1 rings (SSSR count). The monoisotopic (exact) mass is 341 g/mol. The number of rotatable bonds is 7. The van der Waals surface area contributed by atoms with E-state index in [0.29, 0.717) is 0 Å². The third-order valence-corrected chi connectivity index (χ3v) is 4.48. The smallest absolute Gasteiger partial charge is 0.293 e. The van der Waals surface area contributed by atoms with E-state index in [1.807, 2.05) is 0 Å². The summed E-state index contributed by atoms with van der Waals surface area (Å²) < 4.78 is 25.2. The van der Waals surface area contributed by atoms with Crippen LogP contribution in [0.1, 0.15) is 6.92 Å². The first-order chi connectivity index (χ1) is 9.26. The van der Waals surface area contributed by atoms with Gasteiger partial charge in [-0.3, -0.25) is 10.1 Å². The van der Waals surface area contributed by atoms with Crippen LogP contribution >= 0.6 is 23.2 Å². The van der Waals surface area contributed by atoms with Gasteiger partial charge in [-0.2, -0.15) is 0 Å². The zero-order valence-corrected chi connectivity index (χ0v) is 12.8. The Hall–Kier alpha value is -1.09. The van der Waals surface area contributed by atoms with Crippen molar-refractivity contribution >= 4 is 44.6 Å². The molecule has 0 radical (unpaired) electrons. The molecule has 0 saturated carbocycles. The van der Waals surface area contributed by atoms with Crippen LogP contribution in [0.3, 0.4) is 0 Å². The van der Waals surface area contributed by atoms with Crippen LogP contribution in [0.25, 0.3) is 0 Å². The average Bonchev–Trinajstić information content (AvgIpc) is 2.32. The largest absolute Gasteiger partial charge is 0.378 e. The molecule has 7 nitrogen and oxygen atoms in total. The fourth-order valence-corrected chi connectivity index (χ4v) is 2.72. The van der Waals surface area contributed by atoms with Crippen LogP contribution < -0.4 is 10.0 Å². The average molecular weight is 342 g/mol. The predicted molar refractivity (Wildman–Crippen MR) is 79.1 cm³/mol. The van der Waals surface area contributed by atoms with Crippen LogP contribution in [-0.4, -0.2) is 32.2 Å². The lowest BCUT2D eigenvalue weighted by atomic mass is 10.2. The number of anilines is 1. The van der Waals surface area contributed by atoms with E-state index < -0.39 is 14.9 Å². The summed E-state index contributed by atoms with van der Waals surface area (Å²) in [6, 6.07) is 2.41. The molecule has 0 heterocycles. The minimum absolute atomic E-state index is 0.00807. The Morgan fingerprint density at radius 3 is 2.45 bits per heavy atom. The third-order valence-electron chi connectivity index (χ3n) is 2.29. The first-order valence-corrected chi connectivity index (χ1v) is 8.02. The minimum Gasteiger partial charge on any atom is -0.378 e. The molecule has 0 unspecified atom stereocenters. The zero-order chi connectivity index (χ0) is 15.3. The van der Waals surface area contributed by atoms with E-state index in [2.05, 4.69) is 10.0 Å². The SMILES string of the molecule is CCNS(=O)(=O)CCNc1cc(Cl)c(Cl)cc1[N+](=O)[O-]. The first-order valence-electron chi connectivity index (χ1n) is 5.61. The van der Waals surface area contributed by atoms with Gasteiger partial charge in [-0.1, -0.05) is 30.1 Å². The zero-order valence-electron chi connectivity index (χ0n) is 10.5. The number of benzene rings is 1. The van der Waals surface area contributed by atoms with E-state index in [4.69, 9.17) is 23.2 Å². The highest BCUT2D eigenvalue weighted by molar-refractivity contribution is 7.89. The number of nitrogens with one attached hydrogen (secondary N) is 2. The molecular weight excluding hydrogens is 329 g/mol. The van der Waals surface area contributed by atoms with Crippen LogP contribution in [0.4, 0.5) is 11.4 Å². The normalized spacial score (nSPS) is 11.3. The van der Waals surface area contributed by atoms with Gasteiger partial charge in [-0.05, 0) is 6.07 Å². The molecule has 2 N–H and O–H groups in total. The van der Waals surface area contributed by atoms with Crippen molar-refractivity contribution in [2.45, 2.75) is 6.92 Å². The second kappa shape index (κ2) is 7.07. The summed E-state index contributed by atoms with van der Waals surface area (Å²) in [6.07, 6.45) is 0. The molecule has 112 valence electrons. The first kappa shape index (κ1) is 17.0. The maximum atomic E-state index is 11.4. The Morgan fingerprint density at radius 2 is 1.90 bits per heavy atom. The third kappa shape index (κ3) is 4.78. The summed E-state index contributed by atoms with van der Waals surface area (Å²) >= 11 is 11.5. The summed E-state index contributed by atoms with van der Waals surface area (Å²) in [6.45, 7) is 1.96. The number of sulfonamides is 1. The Bertz CT molecular complexity index is 607. The van der Waals surface area contributed by atoms with Gasteiger partial charge in [-0.25, -0.2) is 13.1 Å². The van der Waals surface area contributed by atoms with Crippen molar-refractivity contribution in [3.63, 3.8) is 0 Å². The second-order valence-corrected chi connectivity index (χ2v) is 6.52. The van der Waals surface area contributed by atoms with Crippen molar-refractivity contribution in [2.75, 3.05) is 24.2 Å². The molecule has 1 aromatic carbocycles. The predicted octanol–water partition coefficient (Wildman–Crippen LogP) is 2.25. The Morgan fingerprint density at radius 1 is 1.30 bits per heavy atom. The summed E-state index contributed by atoms with van der Waals surface area (Å²) in [5, 5.41) is 13.8. The van der Waals surface area contributed by atoms with E-state index >= 15 is 0 Å². The molecule has 0 bridgehead atoms. The lowest BCUT2D eigenvalue weighted by Crippen LogP contribution is -2.29. The summed E-state index contributed by atoms with van der Waals surface area (Å²) in [7, 11) is -3.39. The van der Waals surface area contributed by atoms with Gasteiger partial charge in [0.15, 0.2) is 0 Å². The number of nitro benzene ring substituents is 1. The van der Waals surface area contributed by atoms with Crippen molar-refractivity contribution < 1.29 is 13.3 Å². The van der Waals surface area contributed by atoms with Crippen molar-refractivity contribution in [3.8, 4) is 0 Å². The molecule has 0 aliphatic carbocycles. The number of hydrogen-bond donors (Lipinski definition) is 2. The van der Waals surface area contributed by atoms with Gasteiger partial charge < -0.3 is 5.32 Å². The number of halogens is 2. The topological polar surface area (TPSA) is 101 Å². The van der Waals surface area contributed by atoms with Gasteiger partial charge in [0.2, 0.25) is 10.0 Å². The second-order valence-electron chi connectivity index (χ2n) is 3.78. The fourth-order valence-electron chi connectivity index (χ4n) is 1.44. The molecule has 0 atom stereocenters.